The van der Waals surface area contributed by atoms with Crippen LogP contribution in [0.3, 0.4) is 0 Å². The molecule has 3 aromatic rings. The van der Waals surface area contributed by atoms with Crippen LogP contribution in [0.4, 0.5) is 18.9 Å². The van der Waals surface area contributed by atoms with Gasteiger partial charge >= 0.3 is 6.18 Å². The van der Waals surface area contributed by atoms with E-state index in [1.807, 2.05) is 30.3 Å². The Morgan fingerprint density at radius 1 is 1.11 bits per heavy atom. The highest BCUT2D eigenvalue weighted by Crippen LogP contribution is 2.40. The number of nitrogens with one attached hydrogen (secondary N) is 1. The van der Waals surface area contributed by atoms with Crippen LogP contribution in [0.1, 0.15) is 40.5 Å². The second-order valence-electron chi connectivity index (χ2n) is 6.62. The first-order valence-corrected chi connectivity index (χ1v) is 9.46. The van der Waals surface area contributed by atoms with Gasteiger partial charge in [-0.15, -0.1) is 0 Å². The molecular formula is C20H15BrF3N3O. The van der Waals surface area contributed by atoms with Crippen molar-refractivity contribution in [2.45, 2.75) is 24.9 Å². The summed E-state index contributed by atoms with van der Waals surface area (Å²) in [4.78, 5) is 12.8. The lowest BCUT2D eigenvalue weighted by molar-refractivity contribution is -0.138. The molecule has 1 heterocycles. The third kappa shape index (κ3) is 3.82. The molecule has 1 aliphatic carbocycles. The van der Waals surface area contributed by atoms with Gasteiger partial charge in [0.05, 0.1) is 16.9 Å². The molecular weight excluding hydrogens is 435 g/mol. The number of nitrogens with zero attached hydrogens (tertiary/aromatic N) is 2. The zero-order valence-corrected chi connectivity index (χ0v) is 16.1. The molecule has 1 N–H and O–H groups in total. The van der Waals surface area contributed by atoms with Gasteiger partial charge in [0, 0.05) is 16.1 Å². The lowest BCUT2D eigenvalue weighted by atomic mass is 10.2. The molecule has 1 aliphatic rings. The SMILES string of the molecule is O=C(Nc1ccc(Br)c(C(F)(F)F)c1)c1cc(C2CC2)nn1-c1ccccc1. The molecule has 2 aromatic carbocycles. The summed E-state index contributed by atoms with van der Waals surface area (Å²) in [7, 11) is 0. The number of rotatable bonds is 4. The summed E-state index contributed by atoms with van der Waals surface area (Å²) >= 11 is 2.90. The Morgan fingerprint density at radius 3 is 2.46 bits per heavy atom. The van der Waals surface area contributed by atoms with Gasteiger partial charge in [-0.3, -0.25) is 4.79 Å². The molecule has 28 heavy (non-hydrogen) atoms. The second kappa shape index (κ2) is 7.09. The largest absolute Gasteiger partial charge is 0.417 e. The van der Waals surface area contributed by atoms with E-state index in [0.29, 0.717) is 11.6 Å². The number of amides is 1. The average molecular weight is 450 g/mol. The maximum atomic E-state index is 13.1. The second-order valence-corrected chi connectivity index (χ2v) is 7.48. The van der Waals surface area contributed by atoms with Crippen molar-refractivity contribution in [1.29, 1.82) is 0 Å². The Balaban J connectivity index is 1.67. The van der Waals surface area contributed by atoms with E-state index in [9.17, 15) is 18.0 Å². The van der Waals surface area contributed by atoms with Gasteiger partial charge in [-0.05, 0) is 49.2 Å². The van der Waals surface area contributed by atoms with Crippen molar-refractivity contribution in [3.05, 3.63) is 76.0 Å². The average Bonchev–Trinajstić information content (AvgIpc) is 3.41. The van der Waals surface area contributed by atoms with E-state index in [2.05, 4.69) is 26.3 Å². The van der Waals surface area contributed by atoms with Crippen LogP contribution in [0.25, 0.3) is 5.69 Å². The minimum atomic E-state index is -4.52. The van der Waals surface area contributed by atoms with E-state index < -0.39 is 17.6 Å². The van der Waals surface area contributed by atoms with Gasteiger partial charge in [0.25, 0.3) is 5.91 Å². The van der Waals surface area contributed by atoms with Crippen molar-refractivity contribution >= 4 is 27.5 Å². The highest BCUT2D eigenvalue weighted by molar-refractivity contribution is 9.10. The van der Waals surface area contributed by atoms with Gasteiger partial charge in [-0.1, -0.05) is 34.1 Å². The molecule has 0 bridgehead atoms. The van der Waals surface area contributed by atoms with Crippen molar-refractivity contribution < 1.29 is 18.0 Å². The van der Waals surface area contributed by atoms with E-state index in [-0.39, 0.29) is 15.9 Å². The molecule has 0 radical (unpaired) electrons. The van der Waals surface area contributed by atoms with E-state index in [4.69, 9.17) is 0 Å². The summed E-state index contributed by atoms with van der Waals surface area (Å²) in [6.07, 6.45) is -2.48. The first-order chi connectivity index (χ1) is 13.3. The van der Waals surface area contributed by atoms with Crippen LogP contribution in [0.2, 0.25) is 0 Å². The van der Waals surface area contributed by atoms with Crippen LogP contribution in [-0.4, -0.2) is 15.7 Å². The Labute approximate surface area is 167 Å². The van der Waals surface area contributed by atoms with Crippen LogP contribution in [0.5, 0.6) is 0 Å². The van der Waals surface area contributed by atoms with Crippen molar-refractivity contribution in [3.8, 4) is 5.69 Å². The van der Waals surface area contributed by atoms with E-state index in [1.54, 1.807) is 6.07 Å². The van der Waals surface area contributed by atoms with Crippen LogP contribution in [0, 0.1) is 0 Å². The fourth-order valence-electron chi connectivity index (χ4n) is 2.92. The minimum Gasteiger partial charge on any atom is -0.321 e. The maximum absolute atomic E-state index is 13.1. The summed E-state index contributed by atoms with van der Waals surface area (Å²) in [6.45, 7) is 0. The van der Waals surface area contributed by atoms with Crippen LogP contribution in [0.15, 0.2) is 59.1 Å². The van der Waals surface area contributed by atoms with Crippen molar-refractivity contribution in [2.24, 2.45) is 0 Å². The summed E-state index contributed by atoms with van der Waals surface area (Å²) in [5, 5.41) is 7.10. The Bertz CT molecular complexity index is 1030. The monoisotopic (exact) mass is 449 g/mol. The number of alkyl halides is 3. The third-order valence-corrected chi connectivity index (χ3v) is 5.18. The van der Waals surface area contributed by atoms with E-state index in [1.165, 1.54) is 16.8 Å². The molecule has 4 rings (SSSR count). The summed E-state index contributed by atoms with van der Waals surface area (Å²) in [5.41, 5.74) is 1.03. The standard InChI is InChI=1S/C20H15BrF3N3O/c21-16-9-8-13(10-15(16)20(22,23)24)25-19(28)18-11-17(12-6-7-12)26-27(18)14-4-2-1-3-5-14/h1-5,8-12H,6-7H2,(H,25,28). The molecule has 0 saturated heterocycles. The molecule has 1 aromatic heterocycles. The first kappa shape index (κ1) is 18.7. The molecule has 1 fully saturated rings. The Kier molecular flexibility index (Phi) is 4.74. The van der Waals surface area contributed by atoms with Crippen molar-refractivity contribution in [3.63, 3.8) is 0 Å². The zero-order chi connectivity index (χ0) is 19.9. The molecule has 4 nitrogen and oxygen atoms in total. The van der Waals surface area contributed by atoms with Crippen molar-refractivity contribution in [1.82, 2.24) is 9.78 Å². The smallest absolute Gasteiger partial charge is 0.321 e. The van der Waals surface area contributed by atoms with E-state index in [0.717, 1.165) is 24.6 Å². The molecule has 1 amide bonds. The molecule has 0 atom stereocenters. The van der Waals surface area contributed by atoms with Crippen LogP contribution >= 0.6 is 15.9 Å². The summed E-state index contributed by atoms with van der Waals surface area (Å²) < 4.78 is 40.8. The Morgan fingerprint density at radius 2 is 1.82 bits per heavy atom. The number of halogens is 4. The molecule has 0 spiro atoms. The zero-order valence-electron chi connectivity index (χ0n) is 14.5. The number of anilines is 1. The maximum Gasteiger partial charge on any atom is 0.417 e. The number of carbonyl (C=O) groups is 1. The van der Waals surface area contributed by atoms with Crippen molar-refractivity contribution in [2.75, 3.05) is 5.32 Å². The minimum absolute atomic E-state index is 0.0642. The van der Waals surface area contributed by atoms with Gasteiger partial charge in [-0.25, -0.2) is 4.68 Å². The molecule has 8 heteroatoms. The molecule has 144 valence electrons. The quantitative estimate of drug-likeness (QED) is 0.548. The fraction of sp³-hybridized carbons (Fsp3) is 0.200. The third-order valence-electron chi connectivity index (χ3n) is 4.49. The van der Waals surface area contributed by atoms with Crippen LogP contribution < -0.4 is 5.32 Å². The molecule has 0 unspecified atom stereocenters. The van der Waals surface area contributed by atoms with Gasteiger partial charge < -0.3 is 5.32 Å². The van der Waals surface area contributed by atoms with Gasteiger partial charge in [-0.2, -0.15) is 18.3 Å². The number of hydrogen-bond donors (Lipinski definition) is 1. The van der Waals surface area contributed by atoms with Gasteiger partial charge in [0.2, 0.25) is 0 Å². The lowest BCUT2D eigenvalue weighted by Crippen LogP contribution is -2.17. The number of para-hydroxylation sites is 1. The number of carbonyl (C=O) groups excluding carboxylic acids is 1. The summed E-state index contributed by atoms with van der Waals surface area (Å²) in [6, 6.07) is 14.5. The number of benzene rings is 2. The predicted molar refractivity (Wildman–Crippen MR) is 103 cm³/mol. The molecule has 0 aliphatic heterocycles. The predicted octanol–water partition coefficient (Wildman–Crippen LogP) is 5.78. The van der Waals surface area contributed by atoms with E-state index >= 15 is 0 Å². The fourth-order valence-corrected chi connectivity index (χ4v) is 3.39. The summed E-state index contributed by atoms with van der Waals surface area (Å²) in [5.74, 6) is -0.181. The highest BCUT2D eigenvalue weighted by atomic mass is 79.9. The normalized spacial score (nSPS) is 14.1. The van der Waals surface area contributed by atoms with Crippen LogP contribution in [-0.2, 0) is 6.18 Å². The highest BCUT2D eigenvalue weighted by Gasteiger charge is 2.33. The number of hydrogen-bond acceptors (Lipinski definition) is 2. The Hall–Kier alpha value is -2.61. The topological polar surface area (TPSA) is 46.9 Å². The number of aromatic nitrogens is 2. The van der Waals surface area contributed by atoms with Gasteiger partial charge in [0.1, 0.15) is 5.69 Å². The first-order valence-electron chi connectivity index (χ1n) is 8.66. The lowest BCUT2D eigenvalue weighted by Gasteiger charge is -2.12. The van der Waals surface area contributed by atoms with Gasteiger partial charge in [0.15, 0.2) is 0 Å². The molecule has 1 saturated carbocycles.